The molecule has 4 heteroatoms. The van der Waals surface area contributed by atoms with Gasteiger partial charge in [0.25, 0.3) is 0 Å². The van der Waals surface area contributed by atoms with Crippen molar-refractivity contribution in [3.63, 3.8) is 0 Å². The van der Waals surface area contributed by atoms with E-state index in [1.54, 1.807) is 0 Å². The quantitative estimate of drug-likeness (QED) is 0.334. The van der Waals surface area contributed by atoms with E-state index in [0.29, 0.717) is 24.4 Å². The monoisotopic (exact) mass is 354 g/mol. The molecule has 138 valence electrons. The van der Waals surface area contributed by atoms with Crippen LogP contribution in [0, 0.1) is 17.8 Å². The van der Waals surface area contributed by atoms with Crippen molar-refractivity contribution in [3.05, 3.63) is 24.3 Å². The molecule has 1 saturated heterocycles. The van der Waals surface area contributed by atoms with Gasteiger partial charge in [-0.2, -0.15) is 0 Å². The maximum absolute atomic E-state index is 6.02. The second kappa shape index (κ2) is 11.4. The number of hydrogen-bond donors (Lipinski definition) is 0. The molecule has 0 N–H and O–H groups in total. The average Bonchev–Trinajstić information content (AvgIpc) is 2.96. The van der Waals surface area contributed by atoms with Crippen LogP contribution >= 0.6 is 9.47 Å². The van der Waals surface area contributed by atoms with Gasteiger partial charge >= 0.3 is 0 Å². The average molecular weight is 354 g/mol. The fourth-order valence-corrected chi connectivity index (χ4v) is 4.21. The summed E-state index contributed by atoms with van der Waals surface area (Å²) in [5.74, 6) is 1.81. The zero-order chi connectivity index (χ0) is 17.2. The number of hydrogen-bond acceptors (Lipinski definition) is 3. The van der Waals surface area contributed by atoms with Gasteiger partial charge in [0, 0.05) is 16.1 Å². The minimum absolute atomic E-state index is 0.211. The van der Waals surface area contributed by atoms with Crippen LogP contribution in [0.25, 0.3) is 0 Å². The number of rotatable bonds is 9. The molecule has 1 aliphatic carbocycles. The molecule has 24 heavy (non-hydrogen) atoms. The van der Waals surface area contributed by atoms with Gasteiger partial charge in [0.2, 0.25) is 0 Å². The molecule has 1 aliphatic heterocycles. The molecule has 2 unspecified atom stereocenters. The normalized spacial score (nSPS) is 30.5. The van der Waals surface area contributed by atoms with Gasteiger partial charge in [0.1, 0.15) is 0 Å². The lowest BCUT2D eigenvalue weighted by molar-refractivity contribution is 0.123. The van der Waals surface area contributed by atoms with Gasteiger partial charge in [-0.15, -0.1) is 0 Å². The predicted octanol–water partition coefficient (Wildman–Crippen LogP) is 4.93. The van der Waals surface area contributed by atoms with Crippen molar-refractivity contribution in [1.82, 2.24) is 0 Å². The molecular weight excluding hydrogens is 319 g/mol. The van der Waals surface area contributed by atoms with E-state index in [2.05, 4.69) is 40.7 Å². The Hall–Kier alpha value is -0.210. The third kappa shape index (κ3) is 6.26. The lowest BCUT2D eigenvalue weighted by atomic mass is 9.84. The van der Waals surface area contributed by atoms with Crippen LogP contribution in [0.5, 0.6) is 0 Å². The van der Waals surface area contributed by atoms with E-state index in [9.17, 15) is 0 Å². The Morgan fingerprint density at radius 2 is 2.00 bits per heavy atom. The first-order chi connectivity index (χ1) is 11.8. The molecule has 0 aromatic carbocycles. The first-order valence-corrected chi connectivity index (χ1v) is 10.1. The van der Waals surface area contributed by atoms with Crippen LogP contribution in [-0.4, -0.2) is 32.0 Å². The molecule has 0 radical (unpaired) electrons. The molecule has 0 bridgehead atoms. The Kier molecular flexibility index (Phi) is 9.56. The highest BCUT2D eigenvalue weighted by Gasteiger charge is 2.32. The van der Waals surface area contributed by atoms with E-state index in [0.717, 1.165) is 19.6 Å². The summed E-state index contributed by atoms with van der Waals surface area (Å²) in [5.41, 5.74) is 0. The van der Waals surface area contributed by atoms with Crippen molar-refractivity contribution in [2.24, 2.45) is 17.8 Å². The van der Waals surface area contributed by atoms with Crippen LogP contribution < -0.4 is 0 Å². The van der Waals surface area contributed by atoms with Crippen molar-refractivity contribution in [2.45, 2.75) is 64.6 Å². The summed E-state index contributed by atoms with van der Waals surface area (Å²) >= 11 is 0. The minimum atomic E-state index is 0.211. The Morgan fingerprint density at radius 1 is 1.21 bits per heavy atom. The molecule has 1 saturated carbocycles. The van der Waals surface area contributed by atoms with Crippen LogP contribution in [0.3, 0.4) is 0 Å². The van der Waals surface area contributed by atoms with Crippen LogP contribution in [0.2, 0.25) is 0 Å². The molecule has 5 atom stereocenters. The number of allylic oxidation sites excluding steroid dienone is 1. The number of ether oxygens (including phenoxy) is 2. The van der Waals surface area contributed by atoms with Crippen molar-refractivity contribution < 1.29 is 14.0 Å². The standard InChI is InChI=1S/C20H35O3P/c1-3-21-14-8-7-11-18-16(2)15-22-20(18)13-12-19(23-24)17-9-5-4-6-10-17/h7-8,12-13,16-20H,3-6,9-11,14-15,24H2,1-2H3/b8-7-,13-12+/t16-,18-,19?,20+/m0/s1. The fourth-order valence-electron chi connectivity index (χ4n) is 3.90. The molecule has 0 aromatic heterocycles. The molecule has 1 heterocycles. The van der Waals surface area contributed by atoms with Crippen molar-refractivity contribution in [3.8, 4) is 0 Å². The summed E-state index contributed by atoms with van der Waals surface area (Å²) in [6, 6.07) is 0. The second-order valence-corrected chi connectivity index (χ2v) is 7.46. The third-order valence-electron chi connectivity index (χ3n) is 5.46. The van der Waals surface area contributed by atoms with E-state index in [1.807, 2.05) is 6.92 Å². The smallest absolute Gasteiger partial charge is 0.0820 e. The van der Waals surface area contributed by atoms with E-state index >= 15 is 0 Å². The SMILES string of the molecule is CCOC/C=C\C[C@H]1[C@@H](C)CO[C@@H]1/C=C/C(OP)C1CCCCC1. The topological polar surface area (TPSA) is 27.7 Å². The van der Waals surface area contributed by atoms with Crippen molar-refractivity contribution in [1.29, 1.82) is 0 Å². The van der Waals surface area contributed by atoms with Gasteiger partial charge in [0.05, 0.1) is 25.4 Å². The summed E-state index contributed by atoms with van der Waals surface area (Å²) in [4.78, 5) is 0. The molecule has 2 fully saturated rings. The largest absolute Gasteiger partial charge is 0.378 e. The van der Waals surface area contributed by atoms with E-state index in [1.165, 1.54) is 32.1 Å². The zero-order valence-electron chi connectivity index (χ0n) is 15.4. The van der Waals surface area contributed by atoms with Crippen LogP contribution in [0.4, 0.5) is 0 Å². The van der Waals surface area contributed by atoms with E-state index < -0.39 is 0 Å². The summed E-state index contributed by atoms with van der Waals surface area (Å²) in [6.07, 6.45) is 17.0. The van der Waals surface area contributed by atoms with Gasteiger partial charge in [-0.05, 0) is 43.9 Å². The van der Waals surface area contributed by atoms with E-state index in [-0.39, 0.29) is 12.2 Å². The Balaban J connectivity index is 1.86. The second-order valence-electron chi connectivity index (χ2n) is 7.19. The first-order valence-electron chi connectivity index (χ1n) is 9.64. The molecular formula is C20H35O3P. The lowest BCUT2D eigenvalue weighted by Crippen LogP contribution is -2.23. The summed E-state index contributed by atoms with van der Waals surface area (Å²) in [6.45, 7) is 6.66. The molecule has 0 spiro atoms. The highest BCUT2D eigenvalue weighted by molar-refractivity contribution is 7.09. The first kappa shape index (κ1) is 20.1. The molecule has 0 amide bonds. The van der Waals surface area contributed by atoms with Crippen LogP contribution in [0.15, 0.2) is 24.3 Å². The van der Waals surface area contributed by atoms with Crippen molar-refractivity contribution >= 4 is 9.47 Å². The van der Waals surface area contributed by atoms with Gasteiger partial charge in [0.15, 0.2) is 0 Å². The lowest BCUT2D eigenvalue weighted by Gasteiger charge is -2.27. The maximum atomic E-state index is 6.02. The van der Waals surface area contributed by atoms with Gasteiger partial charge in [-0.25, -0.2) is 0 Å². The summed E-state index contributed by atoms with van der Waals surface area (Å²) in [5, 5.41) is 0. The summed E-state index contributed by atoms with van der Waals surface area (Å²) < 4.78 is 17.1. The van der Waals surface area contributed by atoms with Gasteiger partial charge < -0.3 is 14.0 Å². The minimum Gasteiger partial charge on any atom is -0.378 e. The highest BCUT2D eigenvalue weighted by atomic mass is 31.0. The predicted molar refractivity (Wildman–Crippen MR) is 103 cm³/mol. The van der Waals surface area contributed by atoms with Crippen LogP contribution in [-0.2, 0) is 14.0 Å². The fraction of sp³-hybridized carbons (Fsp3) is 0.800. The molecule has 0 aromatic rings. The molecule has 2 rings (SSSR count). The Morgan fingerprint density at radius 3 is 2.71 bits per heavy atom. The van der Waals surface area contributed by atoms with E-state index in [4.69, 9.17) is 14.0 Å². The third-order valence-corrected chi connectivity index (χ3v) is 5.77. The highest BCUT2D eigenvalue weighted by Crippen LogP contribution is 2.33. The summed E-state index contributed by atoms with van der Waals surface area (Å²) in [7, 11) is 2.46. The zero-order valence-corrected chi connectivity index (χ0v) is 16.5. The van der Waals surface area contributed by atoms with Crippen LogP contribution in [0.1, 0.15) is 52.4 Å². The van der Waals surface area contributed by atoms with Gasteiger partial charge in [-0.3, -0.25) is 0 Å². The van der Waals surface area contributed by atoms with Gasteiger partial charge in [-0.1, -0.05) is 50.5 Å². The molecule has 3 nitrogen and oxygen atoms in total. The Bertz CT molecular complexity index is 390. The Labute approximate surface area is 150 Å². The maximum Gasteiger partial charge on any atom is 0.0820 e. The molecule has 2 aliphatic rings. The van der Waals surface area contributed by atoms with Crippen molar-refractivity contribution in [2.75, 3.05) is 19.8 Å².